The van der Waals surface area contributed by atoms with Gasteiger partial charge in [0.25, 0.3) is 0 Å². The number of anilines is 1. The molecule has 0 saturated heterocycles. The Labute approximate surface area is 204 Å². The number of ether oxygens (including phenoxy) is 1. The molecule has 1 aliphatic carbocycles. The predicted molar refractivity (Wildman–Crippen MR) is 127 cm³/mol. The van der Waals surface area contributed by atoms with Crippen molar-refractivity contribution in [2.75, 3.05) is 11.9 Å². The van der Waals surface area contributed by atoms with Gasteiger partial charge in [-0.2, -0.15) is 0 Å². The van der Waals surface area contributed by atoms with Crippen LogP contribution < -0.4 is 15.4 Å². The minimum atomic E-state index is -1.59. The van der Waals surface area contributed by atoms with Gasteiger partial charge in [-0.05, 0) is 27.7 Å². The number of rotatable bonds is 6. The van der Waals surface area contributed by atoms with Crippen LogP contribution in [0.5, 0.6) is 17.2 Å². The van der Waals surface area contributed by atoms with E-state index in [0.29, 0.717) is 5.13 Å². The standard InChI is InChI=1S/C24H23N3O7S/c1-10-19(31)17(12(3)28)21-18(20(10)32)24(4)14(34-21)9-13(29)16(22(24)33)11(2)25-6-5-15(30)27-23-26-7-8-35-23/h7-9,25,31-32H,5-6H2,1-4H3,(H,26,27,30)/b16-11+/t24-/m0/s1. The molecule has 0 fully saturated rings. The second-order valence-corrected chi connectivity index (χ2v) is 9.34. The van der Waals surface area contributed by atoms with Crippen molar-refractivity contribution in [3.05, 3.63) is 51.4 Å². The zero-order valence-corrected chi connectivity index (χ0v) is 20.3. The van der Waals surface area contributed by atoms with Crippen molar-refractivity contribution in [2.24, 2.45) is 0 Å². The van der Waals surface area contributed by atoms with Crippen LogP contribution in [0.15, 0.2) is 34.7 Å². The van der Waals surface area contributed by atoms with Crippen LogP contribution in [-0.4, -0.2) is 45.0 Å². The molecule has 0 saturated carbocycles. The number of nitrogens with zero attached hydrogens (tertiary/aromatic N) is 1. The molecule has 2 aliphatic rings. The molecule has 182 valence electrons. The molecule has 1 amide bonds. The van der Waals surface area contributed by atoms with Gasteiger partial charge in [-0.15, -0.1) is 11.3 Å². The monoisotopic (exact) mass is 497 g/mol. The quantitative estimate of drug-likeness (QED) is 0.268. The summed E-state index contributed by atoms with van der Waals surface area (Å²) >= 11 is 1.29. The summed E-state index contributed by atoms with van der Waals surface area (Å²) in [4.78, 5) is 54.9. The molecule has 2 heterocycles. The summed E-state index contributed by atoms with van der Waals surface area (Å²) in [6.45, 7) is 5.84. The summed E-state index contributed by atoms with van der Waals surface area (Å²) < 4.78 is 5.73. The van der Waals surface area contributed by atoms with Gasteiger partial charge in [0.1, 0.15) is 34.0 Å². The lowest BCUT2D eigenvalue weighted by atomic mass is 9.70. The van der Waals surface area contributed by atoms with Crippen LogP contribution in [0.4, 0.5) is 5.13 Å². The number of hydrogen-bond donors (Lipinski definition) is 4. The molecular weight excluding hydrogens is 474 g/mol. The molecule has 0 bridgehead atoms. The maximum atomic E-state index is 13.7. The Morgan fingerprint density at radius 2 is 1.91 bits per heavy atom. The van der Waals surface area contributed by atoms with E-state index in [0.717, 1.165) is 6.08 Å². The fourth-order valence-electron chi connectivity index (χ4n) is 4.28. The van der Waals surface area contributed by atoms with Crippen LogP contribution in [-0.2, 0) is 19.8 Å². The first-order valence-corrected chi connectivity index (χ1v) is 11.6. The number of fused-ring (bicyclic) bond motifs is 3. The van der Waals surface area contributed by atoms with Crippen molar-refractivity contribution in [3.8, 4) is 17.2 Å². The van der Waals surface area contributed by atoms with Crippen LogP contribution in [0.3, 0.4) is 0 Å². The number of Topliss-reactive ketones (excluding diaryl/α,β-unsaturated/α-hetero) is 2. The van der Waals surface area contributed by atoms with Gasteiger partial charge in [0.05, 0.1) is 11.1 Å². The summed E-state index contributed by atoms with van der Waals surface area (Å²) in [5, 5.41) is 29.0. The molecule has 1 aromatic carbocycles. The number of allylic oxidation sites excluding steroid dienone is 4. The third kappa shape index (κ3) is 3.77. The van der Waals surface area contributed by atoms with Crippen LogP contribution in [0.1, 0.15) is 48.7 Å². The average Bonchev–Trinajstić information content (AvgIpc) is 3.38. The van der Waals surface area contributed by atoms with Crippen molar-refractivity contribution >= 4 is 39.7 Å². The molecule has 1 aromatic heterocycles. The van der Waals surface area contributed by atoms with E-state index < -0.39 is 28.5 Å². The first-order valence-electron chi connectivity index (χ1n) is 10.7. The fraction of sp³-hybridized carbons (Fsp3) is 0.292. The van der Waals surface area contributed by atoms with Crippen LogP contribution >= 0.6 is 11.3 Å². The van der Waals surface area contributed by atoms with Crippen molar-refractivity contribution in [2.45, 2.75) is 39.5 Å². The minimum absolute atomic E-state index is 0.0230. The molecule has 1 atom stereocenters. The number of hydrogen-bond acceptors (Lipinski definition) is 10. The lowest BCUT2D eigenvalue weighted by Crippen LogP contribution is -2.41. The summed E-state index contributed by atoms with van der Waals surface area (Å²) in [5.74, 6) is -3.06. The van der Waals surface area contributed by atoms with E-state index in [1.807, 2.05) is 0 Å². The maximum absolute atomic E-state index is 13.7. The number of thiazole rings is 1. The lowest BCUT2D eigenvalue weighted by molar-refractivity contribution is -0.123. The Morgan fingerprint density at radius 1 is 1.20 bits per heavy atom. The number of carbonyl (C=O) groups is 4. The minimum Gasteiger partial charge on any atom is -0.507 e. The van der Waals surface area contributed by atoms with Gasteiger partial charge in [0.15, 0.2) is 22.5 Å². The van der Waals surface area contributed by atoms with Gasteiger partial charge in [-0.25, -0.2) is 4.98 Å². The van der Waals surface area contributed by atoms with E-state index in [9.17, 15) is 29.4 Å². The molecule has 0 spiro atoms. The number of ketones is 3. The number of nitrogens with one attached hydrogen (secondary N) is 2. The third-order valence-corrected chi connectivity index (χ3v) is 6.87. The third-order valence-electron chi connectivity index (χ3n) is 6.18. The zero-order chi connectivity index (χ0) is 25.7. The molecule has 35 heavy (non-hydrogen) atoms. The largest absolute Gasteiger partial charge is 0.507 e. The van der Waals surface area contributed by atoms with Gasteiger partial charge in [-0.3, -0.25) is 19.2 Å². The highest BCUT2D eigenvalue weighted by Gasteiger charge is 2.56. The van der Waals surface area contributed by atoms with E-state index in [-0.39, 0.29) is 64.1 Å². The molecule has 1 aliphatic heterocycles. The number of carbonyl (C=O) groups excluding carboxylic acids is 4. The van der Waals surface area contributed by atoms with E-state index in [1.165, 1.54) is 32.1 Å². The first kappa shape index (κ1) is 24.1. The van der Waals surface area contributed by atoms with Crippen LogP contribution in [0, 0.1) is 6.92 Å². The Balaban J connectivity index is 1.66. The molecule has 2 aromatic rings. The highest BCUT2D eigenvalue weighted by atomic mass is 32.1. The summed E-state index contributed by atoms with van der Waals surface area (Å²) in [6.07, 6.45) is 2.78. The average molecular weight is 498 g/mol. The summed E-state index contributed by atoms with van der Waals surface area (Å²) in [6, 6.07) is 0. The van der Waals surface area contributed by atoms with Gasteiger partial charge < -0.3 is 25.6 Å². The number of aromatic nitrogens is 1. The highest BCUT2D eigenvalue weighted by Crippen LogP contribution is 2.57. The Hall–Kier alpha value is -3.99. The second kappa shape index (κ2) is 8.66. The van der Waals surface area contributed by atoms with Crippen molar-refractivity contribution < 1.29 is 34.1 Å². The van der Waals surface area contributed by atoms with Crippen molar-refractivity contribution in [1.82, 2.24) is 10.3 Å². The highest BCUT2D eigenvalue weighted by molar-refractivity contribution is 7.13. The van der Waals surface area contributed by atoms with Crippen molar-refractivity contribution in [3.63, 3.8) is 0 Å². The smallest absolute Gasteiger partial charge is 0.227 e. The van der Waals surface area contributed by atoms with E-state index in [1.54, 1.807) is 18.5 Å². The number of benzene rings is 1. The molecule has 11 heteroatoms. The molecule has 4 N–H and O–H groups in total. The van der Waals surface area contributed by atoms with Crippen LogP contribution in [0.25, 0.3) is 0 Å². The Bertz CT molecular complexity index is 1360. The normalized spacial score (nSPS) is 19.9. The number of phenols is 2. The molecular formula is C24H23N3O7S. The first-order chi connectivity index (χ1) is 16.5. The van der Waals surface area contributed by atoms with Crippen LogP contribution in [0.2, 0.25) is 0 Å². The molecule has 10 nitrogen and oxygen atoms in total. The lowest BCUT2D eigenvalue weighted by Gasteiger charge is -2.29. The van der Waals surface area contributed by atoms with E-state index >= 15 is 0 Å². The summed E-state index contributed by atoms with van der Waals surface area (Å²) in [5.41, 5.74) is -1.60. The molecule has 4 rings (SSSR count). The van der Waals surface area contributed by atoms with E-state index in [4.69, 9.17) is 4.74 Å². The van der Waals surface area contributed by atoms with Crippen molar-refractivity contribution in [1.29, 1.82) is 0 Å². The fourth-order valence-corrected chi connectivity index (χ4v) is 4.83. The number of aromatic hydroxyl groups is 2. The Kier molecular flexibility index (Phi) is 5.97. The number of amides is 1. The Morgan fingerprint density at radius 3 is 2.54 bits per heavy atom. The summed E-state index contributed by atoms with van der Waals surface area (Å²) in [7, 11) is 0. The topological polar surface area (TPSA) is 155 Å². The maximum Gasteiger partial charge on any atom is 0.227 e. The molecule has 0 radical (unpaired) electrons. The van der Waals surface area contributed by atoms with Gasteiger partial charge in [0.2, 0.25) is 5.91 Å². The van der Waals surface area contributed by atoms with Gasteiger partial charge >= 0.3 is 0 Å². The van der Waals surface area contributed by atoms with Gasteiger partial charge in [0, 0.05) is 41.9 Å². The second-order valence-electron chi connectivity index (χ2n) is 8.45. The van der Waals surface area contributed by atoms with Gasteiger partial charge in [-0.1, -0.05) is 0 Å². The zero-order valence-electron chi connectivity index (χ0n) is 19.4. The number of phenolic OH excluding ortho intramolecular Hbond substituents is 2. The van der Waals surface area contributed by atoms with E-state index in [2.05, 4.69) is 15.6 Å². The SMILES string of the molecule is CC(=O)c1c(O)c(C)c(O)c2c1OC1=CC(=O)/C(=C(/C)NCCC(=O)Nc3nccs3)C(=O)[C@@]12C. The predicted octanol–water partition coefficient (Wildman–Crippen LogP) is 2.64. The molecule has 0 unspecified atom stereocenters.